The second-order valence-corrected chi connectivity index (χ2v) is 7.48. The topological polar surface area (TPSA) is 44.9 Å². The lowest BCUT2D eigenvalue weighted by molar-refractivity contribution is -0.138. The van der Waals surface area contributed by atoms with E-state index in [1.807, 2.05) is 32.0 Å². The van der Waals surface area contributed by atoms with Gasteiger partial charge >= 0.3 is 6.18 Å². The van der Waals surface area contributed by atoms with Crippen LogP contribution in [-0.2, 0) is 17.4 Å². The van der Waals surface area contributed by atoms with E-state index in [4.69, 9.17) is 0 Å². The second kappa shape index (κ2) is 9.37. The van der Waals surface area contributed by atoms with E-state index in [-0.39, 0.29) is 17.9 Å². The van der Waals surface area contributed by atoms with Gasteiger partial charge < -0.3 is 10.3 Å². The number of fused-ring (bicyclic) bond motifs is 1. The summed E-state index contributed by atoms with van der Waals surface area (Å²) in [6.45, 7) is 4.58. The van der Waals surface area contributed by atoms with E-state index in [1.54, 1.807) is 12.3 Å². The maximum absolute atomic E-state index is 13.8. The lowest BCUT2D eigenvalue weighted by atomic mass is 9.84. The third-order valence-corrected chi connectivity index (χ3v) is 5.47. The van der Waals surface area contributed by atoms with E-state index in [0.717, 1.165) is 41.8 Å². The maximum Gasteiger partial charge on any atom is 0.416 e. The fraction of sp³-hybridized carbons (Fsp3) is 0.375. The molecule has 3 nitrogen and oxygen atoms in total. The van der Waals surface area contributed by atoms with Gasteiger partial charge in [0.25, 0.3) is 0 Å². The molecule has 3 rings (SSSR count). The Balaban J connectivity index is 2.09. The number of aromatic amines is 1. The molecule has 0 aliphatic carbocycles. The number of nitrogens with one attached hydrogen (secondary N) is 2. The molecule has 2 aromatic carbocycles. The van der Waals surface area contributed by atoms with Crippen molar-refractivity contribution in [3.05, 3.63) is 70.9 Å². The molecular weight excluding hydrogens is 389 g/mol. The van der Waals surface area contributed by atoms with Crippen LogP contribution in [0.3, 0.4) is 0 Å². The summed E-state index contributed by atoms with van der Waals surface area (Å²) in [5.74, 6) is -0.947. The van der Waals surface area contributed by atoms with Gasteiger partial charge in [-0.2, -0.15) is 13.2 Å². The minimum Gasteiger partial charge on any atom is -0.361 e. The van der Waals surface area contributed by atoms with E-state index in [1.165, 1.54) is 12.1 Å². The first-order valence-electron chi connectivity index (χ1n) is 10.4. The number of alkyl halides is 3. The molecule has 0 aliphatic rings. The van der Waals surface area contributed by atoms with E-state index in [0.29, 0.717) is 12.1 Å². The largest absolute Gasteiger partial charge is 0.416 e. The van der Waals surface area contributed by atoms with Crippen LogP contribution in [0.2, 0.25) is 0 Å². The molecule has 1 atom stereocenters. The van der Waals surface area contributed by atoms with Crippen molar-refractivity contribution in [2.45, 2.75) is 51.6 Å². The molecule has 2 N–H and O–H groups in total. The van der Waals surface area contributed by atoms with Crippen LogP contribution in [-0.4, -0.2) is 17.4 Å². The standard InChI is InChI=1S/C24H27F3N2O/c1-3-5-13-28-22(30)14-19(17-10-6-7-12-21(17)24(25,26)27)20-15-29-23-16(4-2)9-8-11-18(20)23/h6-12,15,19,29H,3-5,13-14H2,1-2H3,(H,28,30)/t19-/m0/s1. The molecule has 0 fully saturated rings. The third-order valence-electron chi connectivity index (χ3n) is 5.47. The zero-order chi connectivity index (χ0) is 21.7. The van der Waals surface area contributed by atoms with Crippen LogP contribution in [0.25, 0.3) is 10.9 Å². The number of unbranched alkanes of at least 4 members (excludes halogenated alkanes) is 1. The zero-order valence-corrected chi connectivity index (χ0v) is 17.3. The summed E-state index contributed by atoms with van der Waals surface area (Å²) < 4.78 is 41.3. The number of carbonyl (C=O) groups is 1. The van der Waals surface area contributed by atoms with Gasteiger partial charge in [0.2, 0.25) is 5.91 Å². The number of halogens is 3. The maximum atomic E-state index is 13.8. The second-order valence-electron chi connectivity index (χ2n) is 7.48. The third kappa shape index (κ3) is 4.69. The van der Waals surface area contributed by atoms with Crippen molar-refractivity contribution in [2.75, 3.05) is 6.54 Å². The molecular formula is C24H27F3N2O. The minimum atomic E-state index is -4.49. The Labute approximate surface area is 174 Å². The molecule has 0 radical (unpaired) electrons. The number of aryl methyl sites for hydroxylation is 1. The van der Waals surface area contributed by atoms with Crippen LogP contribution >= 0.6 is 0 Å². The van der Waals surface area contributed by atoms with E-state index in [2.05, 4.69) is 10.3 Å². The van der Waals surface area contributed by atoms with Crippen LogP contribution in [0.5, 0.6) is 0 Å². The molecule has 0 bridgehead atoms. The highest BCUT2D eigenvalue weighted by Gasteiger charge is 2.36. The molecule has 0 unspecified atom stereocenters. The summed E-state index contributed by atoms with van der Waals surface area (Å²) >= 11 is 0. The molecule has 160 valence electrons. The number of H-pyrrole nitrogens is 1. The molecule has 3 aromatic rings. The monoisotopic (exact) mass is 416 g/mol. The molecule has 6 heteroatoms. The Kier molecular flexibility index (Phi) is 6.85. The molecule has 30 heavy (non-hydrogen) atoms. The van der Waals surface area contributed by atoms with Crippen molar-refractivity contribution in [1.82, 2.24) is 10.3 Å². The van der Waals surface area contributed by atoms with Crippen molar-refractivity contribution >= 4 is 16.8 Å². The fourth-order valence-electron chi connectivity index (χ4n) is 3.93. The Morgan fingerprint density at radius 1 is 1.07 bits per heavy atom. The highest BCUT2D eigenvalue weighted by atomic mass is 19.4. The van der Waals surface area contributed by atoms with Gasteiger partial charge in [-0.25, -0.2) is 0 Å². The Hall–Kier alpha value is -2.76. The van der Waals surface area contributed by atoms with Gasteiger partial charge in [-0.15, -0.1) is 0 Å². The molecule has 0 saturated carbocycles. The number of hydrogen-bond donors (Lipinski definition) is 2. The van der Waals surface area contributed by atoms with Crippen LogP contribution in [0.1, 0.15) is 61.3 Å². The SMILES string of the molecule is CCCCNC(=O)C[C@@H](c1ccccc1C(F)(F)F)c1c[nH]c2c(CC)cccc12. The average molecular weight is 416 g/mol. The zero-order valence-electron chi connectivity index (χ0n) is 17.3. The predicted octanol–water partition coefficient (Wildman–Crippen LogP) is 6.19. The number of hydrogen-bond acceptors (Lipinski definition) is 1. The summed E-state index contributed by atoms with van der Waals surface area (Å²) in [7, 11) is 0. The first kappa shape index (κ1) is 21.9. The summed E-state index contributed by atoms with van der Waals surface area (Å²) in [6.07, 6.45) is -0.209. The summed E-state index contributed by atoms with van der Waals surface area (Å²) in [4.78, 5) is 15.8. The Bertz CT molecular complexity index is 1010. The van der Waals surface area contributed by atoms with Gasteiger partial charge in [0, 0.05) is 36.0 Å². The quantitative estimate of drug-likeness (QED) is 0.423. The number of aromatic nitrogens is 1. The number of carbonyl (C=O) groups excluding carboxylic acids is 1. The number of rotatable bonds is 8. The number of amides is 1. The lowest BCUT2D eigenvalue weighted by Crippen LogP contribution is -2.27. The molecule has 1 heterocycles. The smallest absolute Gasteiger partial charge is 0.361 e. The van der Waals surface area contributed by atoms with Gasteiger partial charge in [-0.05, 0) is 35.6 Å². The van der Waals surface area contributed by atoms with Crippen molar-refractivity contribution in [1.29, 1.82) is 0 Å². The fourth-order valence-corrected chi connectivity index (χ4v) is 3.93. The van der Waals surface area contributed by atoms with E-state index >= 15 is 0 Å². The molecule has 0 saturated heterocycles. The summed E-state index contributed by atoms with van der Waals surface area (Å²) in [6, 6.07) is 11.4. The van der Waals surface area contributed by atoms with Gasteiger partial charge in [0.05, 0.1) is 5.56 Å². The van der Waals surface area contributed by atoms with E-state index in [9.17, 15) is 18.0 Å². The van der Waals surface area contributed by atoms with Crippen LogP contribution in [0.4, 0.5) is 13.2 Å². The minimum absolute atomic E-state index is 0.0416. The Morgan fingerprint density at radius 3 is 2.53 bits per heavy atom. The van der Waals surface area contributed by atoms with E-state index < -0.39 is 17.7 Å². The number of benzene rings is 2. The predicted molar refractivity (Wildman–Crippen MR) is 113 cm³/mol. The van der Waals surface area contributed by atoms with Gasteiger partial charge in [-0.3, -0.25) is 4.79 Å². The van der Waals surface area contributed by atoms with Gasteiger partial charge in [0.1, 0.15) is 0 Å². The van der Waals surface area contributed by atoms with Crippen LogP contribution in [0, 0.1) is 0 Å². The summed E-state index contributed by atoms with van der Waals surface area (Å²) in [5, 5.41) is 3.70. The highest BCUT2D eigenvalue weighted by molar-refractivity contribution is 5.88. The van der Waals surface area contributed by atoms with Crippen molar-refractivity contribution < 1.29 is 18.0 Å². The highest BCUT2D eigenvalue weighted by Crippen LogP contribution is 2.41. The number of para-hydroxylation sites is 1. The first-order chi connectivity index (χ1) is 14.4. The molecule has 1 aromatic heterocycles. The van der Waals surface area contributed by atoms with Crippen molar-refractivity contribution in [2.24, 2.45) is 0 Å². The normalized spacial score (nSPS) is 12.8. The molecule has 0 aliphatic heterocycles. The van der Waals surface area contributed by atoms with Gasteiger partial charge in [-0.1, -0.05) is 56.7 Å². The van der Waals surface area contributed by atoms with Crippen molar-refractivity contribution in [3.8, 4) is 0 Å². The first-order valence-corrected chi connectivity index (χ1v) is 10.4. The molecule has 0 spiro atoms. The average Bonchev–Trinajstić information content (AvgIpc) is 3.15. The van der Waals surface area contributed by atoms with Crippen LogP contribution in [0.15, 0.2) is 48.7 Å². The van der Waals surface area contributed by atoms with Gasteiger partial charge in [0.15, 0.2) is 0 Å². The lowest BCUT2D eigenvalue weighted by Gasteiger charge is -2.21. The Morgan fingerprint density at radius 2 is 1.83 bits per heavy atom. The summed E-state index contributed by atoms with van der Waals surface area (Å²) in [5.41, 5.74) is 2.14. The van der Waals surface area contributed by atoms with Crippen molar-refractivity contribution in [3.63, 3.8) is 0 Å². The molecule has 1 amide bonds. The van der Waals surface area contributed by atoms with Crippen LogP contribution < -0.4 is 5.32 Å².